The number of nitrogens with zero attached hydrogens (tertiary/aromatic N) is 5. The fourth-order valence-electron chi connectivity index (χ4n) is 4.46. The summed E-state index contributed by atoms with van der Waals surface area (Å²) >= 11 is 0. The minimum Gasteiger partial charge on any atom is -0.370 e. The van der Waals surface area contributed by atoms with Crippen LogP contribution in [0.25, 0.3) is 10.9 Å². The molecular formula is C21H19N5. The van der Waals surface area contributed by atoms with Gasteiger partial charge in [-0.05, 0) is 24.3 Å². The van der Waals surface area contributed by atoms with Crippen molar-refractivity contribution in [3.8, 4) is 6.07 Å². The first-order valence-electron chi connectivity index (χ1n) is 9.02. The van der Waals surface area contributed by atoms with E-state index in [4.69, 9.17) is 0 Å². The lowest BCUT2D eigenvalue weighted by Gasteiger charge is -2.25. The third-order valence-electron chi connectivity index (χ3n) is 5.66. The fraction of sp³-hybridized carbons (Fsp3) is 0.286. The maximum atomic E-state index is 9.34. The first kappa shape index (κ1) is 15.2. The molecule has 2 saturated heterocycles. The summed E-state index contributed by atoms with van der Waals surface area (Å²) < 4.78 is 0. The minimum absolute atomic E-state index is 0.607. The van der Waals surface area contributed by atoms with Gasteiger partial charge < -0.3 is 9.80 Å². The van der Waals surface area contributed by atoms with Crippen LogP contribution in [-0.2, 0) is 0 Å². The molecule has 5 heteroatoms. The second-order valence-corrected chi connectivity index (χ2v) is 7.16. The van der Waals surface area contributed by atoms with E-state index in [1.165, 1.54) is 11.1 Å². The summed E-state index contributed by atoms with van der Waals surface area (Å²) in [7, 11) is 0. The molecule has 0 radical (unpaired) electrons. The summed E-state index contributed by atoms with van der Waals surface area (Å²) in [5, 5.41) is 10.6. The third kappa shape index (κ3) is 2.38. The molecule has 0 spiro atoms. The zero-order valence-electron chi connectivity index (χ0n) is 14.4. The van der Waals surface area contributed by atoms with Gasteiger partial charge in [-0.1, -0.05) is 18.2 Å². The summed E-state index contributed by atoms with van der Waals surface area (Å²) in [6, 6.07) is 16.4. The van der Waals surface area contributed by atoms with Gasteiger partial charge in [0.25, 0.3) is 0 Å². The molecule has 128 valence electrons. The van der Waals surface area contributed by atoms with Gasteiger partial charge in [0.15, 0.2) is 0 Å². The quantitative estimate of drug-likeness (QED) is 0.717. The average molecular weight is 341 g/mol. The number of rotatable bonds is 2. The van der Waals surface area contributed by atoms with Crippen molar-refractivity contribution in [3.63, 3.8) is 0 Å². The monoisotopic (exact) mass is 341 g/mol. The number of pyridine rings is 2. The first-order valence-corrected chi connectivity index (χ1v) is 9.02. The van der Waals surface area contributed by atoms with Crippen molar-refractivity contribution in [2.75, 3.05) is 36.0 Å². The lowest BCUT2D eigenvalue weighted by Crippen LogP contribution is -2.29. The fourth-order valence-corrected chi connectivity index (χ4v) is 4.46. The van der Waals surface area contributed by atoms with Gasteiger partial charge in [-0.25, -0.2) is 4.98 Å². The molecule has 1 aromatic carbocycles. The molecule has 2 aliphatic heterocycles. The lowest BCUT2D eigenvalue weighted by molar-refractivity contribution is 0.533. The van der Waals surface area contributed by atoms with Crippen molar-refractivity contribution < 1.29 is 0 Å². The summed E-state index contributed by atoms with van der Waals surface area (Å²) in [6.07, 6.45) is 3.69. The maximum Gasteiger partial charge on any atom is 0.146 e. The van der Waals surface area contributed by atoms with Crippen LogP contribution in [-0.4, -0.2) is 36.1 Å². The second-order valence-electron chi connectivity index (χ2n) is 7.16. The van der Waals surface area contributed by atoms with E-state index in [9.17, 15) is 5.26 Å². The van der Waals surface area contributed by atoms with Crippen LogP contribution in [0.3, 0.4) is 0 Å². The normalized spacial score (nSPS) is 21.8. The molecule has 5 rings (SSSR count). The molecule has 0 N–H and O–H groups in total. The first-order chi connectivity index (χ1) is 12.8. The van der Waals surface area contributed by atoms with Crippen LogP contribution in [0.15, 0.2) is 54.9 Å². The highest BCUT2D eigenvalue weighted by Crippen LogP contribution is 2.38. The third-order valence-corrected chi connectivity index (χ3v) is 5.66. The number of fused-ring (bicyclic) bond motifs is 2. The Kier molecular flexibility index (Phi) is 3.49. The molecule has 2 fully saturated rings. The van der Waals surface area contributed by atoms with Crippen molar-refractivity contribution in [1.29, 1.82) is 5.26 Å². The van der Waals surface area contributed by atoms with Crippen molar-refractivity contribution >= 4 is 22.4 Å². The van der Waals surface area contributed by atoms with Gasteiger partial charge in [-0.3, -0.25) is 4.98 Å². The Morgan fingerprint density at radius 2 is 1.62 bits per heavy atom. The summed E-state index contributed by atoms with van der Waals surface area (Å²) in [4.78, 5) is 13.7. The minimum atomic E-state index is 0.607. The molecule has 2 aromatic heterocycles. The molecule has 2 unspecified atom stereocenters. The van der Waals surface area contributed by atoms with Crippen LogP contribution in [0.1, 0.15) is 5.56 Å². The highest BCUT2D eigenvalue weighted by Gasteiger charge is 2.41. The van der Waals surface area contributed by atoms with Crippen molar-refractivity contribution in [2.45, 2.75) is 0 Å². The average Bonchev–Trinajstić information content (AvgIpc) is 3.26. The van der Waals surface area contributed by atoms with E-state index in [0.717, 1.165) is 37.5 Å². The standard InChI is InChI=1S/C21H19N5/c22-10-15-4-3-8-24-21(15)26-13-16-11-25(12-17(16)14-26)20-7-9-23-19-6-2-1-5-18(19)20/h1-9,16-17H,11-14H2. The highest BCUT2D eigenvalue weighted by molar-refractivity contribution is 5.91. The van der Waals surface area contributed by atoms with Gasteiger partial charge in [-0.15, -0.1) is 0 Å². The van der Waals surface area contributed by atoms with E-state index in [1.54, 1.807) is 6.20 Å². The zero-order chi connectivity index (χ0) is 17.5. The van der Waals surface area contributed by atoms with Gasteiger partial charge in [0.1, 0.15) is 11.9 Å². The maximum absolute atomic E-state index is 9.34. The SMILES string of the molecule is N#Cc1cccnc1N1CC2CN(c3ccnc4ccccc34)CC2C1. The van der Waals surface area contributed by atoms with Crippen LogP contribution in [0.5, 0.6) is 0 Å². The molecule has 0 saturated carbocycles. The smallest absolute Gasteiger partial charge is 0.146 e. The van der Waals surface area contributed by atoms with Gasteiger partial charge in [0.05, 0.1) is 11.1 Å². The zero-order valence-corrected chi connectivity index (χ0v) is 14.4. The molecule has 3 aromatic rings. The Morgan fingerprint density at radius 1 is 0.846 bits per heavy atom. The Hall–Kier alpha value is -3.13. The highest BCUT2D eigenvalue weighted by atomic mass is 15.3. The molecule has 5 nitrogen and oxygen atoms in total. The van der Waals surface area contributed by atoms with Crippen LogP contribution in [0.4, 0.5) is 11.5 Å². The van der Waals surface area contributed by atoms with Gasteiger partial charge in [-0.2, -0.15) is 5.26 Å². The Bertz CT molecular complexity index is 989. The molecular weight excluding hydrogens is 322 g/mol. The van der Waals surface area contributed by atoms with Gasteiger partial charge >= 0.3 is 0 Å². The number of aromatic nitrogens is 2. The molecule has 26 heavy (non-hydrogen) atoms. The van der Waals surface area contributed by atoms with E-state index >= 15 is 0 Å². The Balaban J connectivity index is 1.38. The molecule has 2 aliphatic rings. The van der Waals surface area contributed by atoms with E-state index in [0.29, 0.717) is 17.4 Å². The summed E-state index contributed by atoms with van der Waals surface area (Å²) in [6.45, 7) is 4.03. The number of benzene rings is 1. The van der Waals surface area contributed by atoms with E-state index in [1.807, 2.05) is 24.4 Å². The van der Waals surface area contributed by atoms with Gasteiger partial charge in [0.2, 0.25) is 0 Å². The predicted molar refractivity (Wildman–Crippen MR) is 102 cm³/mol. The van der Waals surface area contributed by atoms with E-state index in [2.05, 4.69) is 50.1 Å². The number of para-hydroxylation sites is 1. The molecule has 2 atom stereocenters. The van der Waals surface area contributed by atoms with Crippen LogP contribution in [0, 0.1) is 23.2 Å². The van der Waals surface area contributed by atoms with E-state index < -0.39 is 0 Å². The Morgan fingerprint density at radius 3 is 2.42 bits per heavy atom. The van der Waals surface area contributed by atoms with Crippen molar-refractivity contribution in [1.82, 2.24) is 9.97 Å². The molecule has 0 amide bonds. The van der Waals surface area contributed by atoms with Gasteiger partial charge in [0, 0.05) is 61.5 Å². The molecule has 0 aliphatic carbocycles. The topological polar surface area (TPSA) is 56.1 Å². The summed E-state index contributed by atoms with van der Waals surface area (Å²) in [5.41, 5.74) is 3.01. The number of hydrogen-bond acceptors (Lipinski definition) is 5. The van der Waals surface area contributed by atoms with Crippen LogP contribution in [0.2, 0.25) is 0 Å². The van der Waals surface area contributed by atoms with Crippen molar-refractivity contribution in [2.24, 2.45) is 11.8 Å². The molecule has 4 heterocycles. The summed E-state index contributed by atoms with van der Waals surface area (Å²) in [5.74, 6) is 2.05. The predicted octanol–water partition coefficient (Wildman–Crippen LogP) is 3.07. The number of anilines is 2. The van der Waals surface area contributed by atoms with E-state index in [-0.39, 0.29) is 0 Å². The second kappa shape index (κ2) is 5.99. The van der Waals surface area contributed by atoms with Crippen LogP contribution < -0.4 is 9.80 Å². The Labute approximate surface area is 152 Å². The lowest BCUT2D eigenvalue weighted by atomic mass is 10.0. The molecule has 0 bridgehead atoms. The number of hydrogen-bond donors (Lipinski definition) is 0. The number of nitriles is 1. The van der Waals surface area contributed by atoms with Crippen LogP contribution >= 0.6 is 0 Å². The largest absolute Gasteiger partial charge is 0.370 e. The van der Waals surface area contributed by atoms with Crippen molar-refractivity contribution in [3.05, 3.63) is 60.4 Å².